The van der Waals surface area contributed by atoms with Gasteiger partial charge in [-0.2, -0.15) is 0 Å². The van der Waals surface area contributed by atoms with E-state index < -0.39 is 23.9 Å². The molecule has 5 saturated carbocycles. The predicted molar refractivity (Wildman–Crippen MR) is 151 cm³/mol. The molecule has 7 aliphatic rings. The summed E-state index contributed by atoms with van der Waals surface area (Å²) in [5.41, 5.74) is -0.341. The van der Waals surface area contributed by atoms with Crippen LogP contribution in [-0.4, -0.2) is 77.4 Å². The van der Waals surface area contributed by atoms with Crippen molar-refractivity contribution in [1.82, 2.24) is 5.32 Å². The molecule has 0 aromatic heterocycles. The zero-order valence-electron chi connectivity index (χ0n) is 25.7. The quantitative estimate of drug-likeness (QED) is 0.414. The number of hydrogen-bond acceptors (Lipinski definition) is 7. The summed E-state index contributed by atoms with van der Waals surface area (Å²) in [6.07, 6.45) is 7.16. The average Bonchev–Trinajstić information content (AvgIpc) is 3.50. The summed E-state index contributed by atoms with van der Waals surface area (Å²) >= 11 is 0. The standard InChI is InChI=1S/C33H55NO6/c1-18-15-20(28(36)30(4,5)37)39-27-24(18)31(6)11-12-32-17-33(32)10-9-22(40-23-16-34-13-14-38-23)29(2,3)21(33)8-7-19(32)25(31)26(27)35/h18-28,34-37H,7-17H2,1-6H3. The van der Waals surface area contributed by atoms with Gasteiger partial charge in [0.05, 0.1) is 36.6 Å². The topological polar surface area (TPSA) is 100 Å². The second-order valence-corrected chi connectivity index (χ2v) is 16.7. The van der Waals surface area contributed by atoms with Crippen LogP contribution in [0, 0.1) is 51.2 Å². The molecule has 0 amide bonds. The fourth-order valence-corrected chi connectivity index (χ4v) is 12.6. The van der Waals surface area contributed by atoms with Gasteiger partial charge in [-0.05, 0) is 116 Å². The van der Waals surface area contributed by atoms with Crippen LogP contribution < -0.4 is 5.32 Å². The summed E-state index contributed by atoms with van der Waals surface area (Å²) in [5.74, 6) is 2.07. The lowest BCUT2D eigenvalue weighted by Gasteiger charge is -2.60. The molecule has 14 atom stereocenters. The molecule has 0 aromatic carbocycles. The van der Waals surface area contributed by atoms with Crippen molar-refractivity contribution >= 4 is 0 Å². The highest BCUT2D eigenvalue weighted by Gasteiger charge is 2.82. The van der Waals surface area contributed by atoms with Crippen LogP contribution in [0.25, 0.3) is 0 Å². The normalized spacial score (nSPS) is 55.7. The van der Waals surface area contributed by atoms with E-state index in [2.05, 4.69) is 33.0 Å². The molecule has 0 aromatic rings. The molecule has 7 nitrogen and oxygen atoms in total. The number of nitrogens with one attached hydrogen (secondary N) is 1. The molecule has 0 bridgehead atoms. The van der Waals surface area contributed by atoms with Gasteiger partial charge in [0.1, 0.15) is 6.10 Å². The minimum absolute atomic E-state index is 0.0574. The Morgan fingerprint density at radius 3 is 2.50 bits per heavy atom. The maximum Gasteiger partial charge on any atom is 0.170 e. The predicted octanol–water partition coefficient (Wildman–Crippen LogP) is 3.87. The molecule has 2 saturated heterocycles. The van der Waals surface area contributed by atoms with Gasteiger partial charge in [-0.15, -0.1) is 0 Å². The molecule has 14 unspecified atom stereocenters. The van der Waals surface area contributed by atoms with E-state index in [0.29, 0.717) is 34.5 Å². The summed E-state index contributed by atoms with van der Waals surface area (Å²) in [7, 11) is 0. The Morgan fingerprint density at radius 2 is 1.80 bits per heavy atom. The minimum atomic E-state index is -1.23. The highest BCUT2D eigenvalue weighted by Crippen LogP contribution is 2.87. The molecule has 0 radical (unpaired) electrons. The molecule has 2 aliphatic heterocycles. The highest BCUT2D eigenvalue weighted by molar-refractivity contribution is 5.30. The van der Waals surface area contributed by atoms with E-state index in [1.165, 1.54) is 32.1 Å². The van der Waals surface area contributed by atoms with Gasteiger partial charge in [-0.25, -0.2) is 0 Å². The highest BCUT2D eigenvalue weighted by atomic mass is 16.7. The molecule has 7 rings (SSSR count). The summed E-state index contributed by atoms with van der Waals surface area (Å²) in [4.78, 5) is 0. The molecule has 2 spiro atoms. The number of hydrogen-bond donors (Lipinski definition) is 4. The fraction of sp³-hybridized carbons (Fsp3) is 1.00. The van der Waals surface area contributed by atoms with Crippen LogP contribution >= 0.6 is 0 Å². The monoisotopic (exact) mass is 561 g/mol. The van der Waals surface area contributed by atoms with Crippen LogP contribution in [0.3, 0.4) is 0 Å². The zero-order chi connectivity index (χ0) is 28.5. The van der Waals surface area contributed by atoms with E-state index in [-0.39, 0.29) is 35.2 Å². The van der Waals surface area contributed by atoms with Crippen LogP contribution in [0.5, 0.6) is 0 Å². The van der Waals surface area contributed by atoms with Crippen molar-refractivity contribution in [2.75, 3.05) is 19.7 Å². The van der Waals surface area contributed by atoms with Crippen molar-refractivity contribution in [3.8, 4) is 0 Å². The molecule has 7 fully saturated rings. The fourth-order valence-electron chi connectivity index (χ4n) is 12.6. The first-order valence-corrected chi connectivity index (χ1v) is 16.5. The number of morpholine rings is 1. The molecular weight excluding hydrogens is 506 g/mol. The Balaban J connectivity index is 1.13. The van der Waals surface area contributed by atoms with E-state index in [1.807, 2.05) is 0 Å². The third-order valence-electron chi connectivity index (χ3n) is 14.2. The van der Waals surface area contributed by atoms with Crippen LogP contribution in [0.4, 0.5) is 0 Å². The van der Waals surface area contributed by atoms with Gasteiger partial charge in [0.15, 0.2) is 6.29 Å². The first-order valence-electron chi connectivity index (χ1n) is 16.5. The number of aliphatic hydroxyl groups excluding tert-OH is 2. The smallest absolute Gasteiger partial charge is 0.170 e. The second-order valence-electron chi connectivity index (χ2n) is 16.7. The Hall–Kier alpha value is -0.280. The van der Waals surface area contributed by atoms with Crippen LogP contribution in [0.1, 0.15) is 92.9 Å². The minimum Gasteiger partial charge on any atom is -0.390 e. The number of aliphatic hydroxyl groups is 3. The summed E-state index contributed by atoms with van der Waals surface area (Å²) in [5, 5.41) is 37.0. The summed E-state index contributed by atoms with van der Waals surface area (Å²) in [6.45, 7) is 15.4. The van der Waals surface area contributed by atoms with E-state index in [4.69, 9.17) is 14.2 Å². The van der Waals surface area contributed by atoms with E-state index in [9.17, 15) is 15.3 Å². The first-order chi connectivity index (χ1) is 18.8. The lowest BCUT2D eigenvalue weighted by molar-refractivity contribution is -0.232. The van der Waals surface area contributed by atoms with Gasteiger partial charge in [0, 0.05) is 13.1 Å². The van der Waals surface area contributed by atoms with E-state index in [1.54, 1.807) is 13.8 Å². The maximum atomic E-state index is 12.1. The van der Waals surface area contributed by atoms with Crippen molar-refractivity contribution in [3.05, 3.63) is 0 Å². The summed E-state index contributed by atoms with van der Waals surface area (Å²) in [6, 6.07) is 0. The zero-order valence-corrected chi connectivity index (χ0v) is 25.7. The van der Waals surface area contributed by atoms with Crippen molar-refractivity contribution in [3.63, 3.8) is 0 Å². The lowest BCUT2D eigenvalue weighted by Crippen LogP contribution is -2.57. The largest absolute Gasteiger partial charge is 0.390 e. The van der Waals surface area contributed by atoms with Crippen molar-refractivity contribution in [1.29, 1.82) is 0 Å². The molecular formula is C33H55NO6. The van der Waals surface area contributed by atoms with Gasteiger partial charge >= 0.3 is 0 Å². The third-order valence-corrected chi connectivity index (χ3v) is 14.2. The molecule has 5 aliphatic carbocycles. The summed E-state index contributed by atoms with van der Waals surface area (Å²) < 4.78 is 19.2. The number of ether oxygens (including phenoxy) is 3. The SMILES string of the molecule is CC1CC(C(O)C(C)(C)O)OC2C(O)C3C4CCC5C(C)(C)C(OC6CNCCO6)CCC56CC46CCC3(C)C12. The van der Waals surface area contributed by atoms with E-state index >= 15 is 0 Å². The van der Waals surface area contributed by atoms with Crippen LogP contribution in [0.2, 0.25) is 0 Å². The van der Waals surface area contributed by atoms with Crippen LogP contribution in [-0.2, 0) is 14.2 Å². The van der Waals surface area contributed by atoms with Crippen molar-refractivity contribution in [2.45, 2.75) is 135 Å². The second kappa shape index (κ2) is 9.12. The molecule has 4 N–H and O–H groups in total. The Bertz CT molecular complexity index is 992. The maximum absolute atomic E-state index is 12.1. The average molecular weight is 562 g/mol. The Labute approximate surface area is 241 Å². The van der Waals surface area contributed by atoms with Crippen molar-refractivity contribution < 1.29 is 29.5 Å². The van der Waals surface area contributed by atoms with Gasteiger partial charge in [0.2, 0.25) is 0 Å². The van der Waals surface area contributed by atoms with Gasteiger partial charge < -0.3 is 34.8 Å². The third kappa shape index (κ3) is 3.73. The van der Waals surface area contributed by atoms with Crippen molar-refractivity contribution in [2.24, 2.45) is 51.2 Å². The molecule has 40 heavy (non-hydrogen) atoms. The molecule has 7 heteroatoms. The van der Waals surface area contributed by atoms with Gasteiger partial charge in [-0.1, -0.05) is 27.7 Å². The van der Waals surface area contributed by atoms with Gasteiger partial charge in [-0.3, -0.25) is 0 Å². The van der Waals surface area contributed by atoms with Gasteiger partial charge in [0.25, 0.3) is 0 Å². The van der Waals surface area contributed by atoms with Crippen LogP contribution in [0.15, 0.2) is 0 Å². The lowest BCUT2D eigenvalue weighted by atomic mass is 9.46. The first kappa shape index (κ1) is 28.5. The Kier molecular flexibility index (Phi) is 6.50. The molecule has 2 heterocycles. The Morgan fingerprint density at radius 1 is 1.02 bits per heavy atom. The molecule has 228 valence electrons. The number of rotatable bonds is 4. The number of fused-ring (bicyclic) bond motifs is 4. The van der Waals surface area contributed by atoms with E-state index in [0.717, 1.165) is 39.0 Å².